The van der Waals surface area contributed by atoms with Gasteiger partial charge in [-0.25, -0.2) is 13.6 Å². The van der Waals surface area contributed by atoms with Crippen molar-refractivity contribution < 1.29 is 22.7 Å². The minimum absolute atomic E-state index is 0.0522. The first-order valence-corrected chi connectivity index (χ1v) is 7.72. The summed E-state index contributed by atoms with van der Waals surface area (Å²) in [5.41, 5.74) is 0.859. The molecule has 8 heteroatoms. The molecule has 0 spiro atoms. The van der Waals surface area contributed by atoms with Gasteiger partial charge >= 0.3 is 0 Å². The number of benzene rings is 1. The SMILES string of the molecule is NS(=O)(=O)C1CC(=O)N(Cc2ccc3c(c2)OCO3)C1. The van der Waals surface area contributed by atoms with Crippen LogP contribution in [0.15, 0.2) is 18.2 Å². The van der Waals surface area contributed by atoms with Crippen molar-refractivity contribution in [2.75, 3.05) is 13.3 Å². The lowest BCUT2D eigenvalue weighted by Gasteiger charge is -2.16. The molecule has 2 aliphatic rings. The Balaban J connectivity index is 1.74. The molecule has 1 fully saturated rings. The zero-order valence-corrected chi connectivity index (χ0v) is 11.4. The van der Waals surface area contributed by atoms with Crippen LogP contribution in [-0.2, 0) is 21.4 Å². The van der Waals surface area contributed by atoms with Gasteiger partial charge in [-0.1, -0.05) is 6.07 Å². The van der Waals surface area contributed by atoms with Gasteiger partial charge in [0.25, 0.3) is 0 Å². The molecule has 1 amide bonds. The molecule has 1 aromatic carbocycles. The Hall–Kier alpha value is -1.80. The van der Waals surface area contributed by atoms with E-state index in [1.54, 1.807) is 12.1 Å². The summed E-state index contributed by atoms with van der Waals surface area (Å²) in [5, 5.41) is 4.27. The van der Waals surface area contributed by atoms with Crippen LogP contribution in [0.1, 0.15) is 12.0 Å². The Morgan fingerprint density at radius 3 is 2.75 bits per heavy atom. The standard InChI is InChI=1S/C12H14N2O5S/c13-20(16,17)9-4-12(15)14(6-9)5-8-1-2-10-11(3-8)19-7-18-10/h1-3,9H,4-7H2,(H2,13,16,17). The molecule has 1 saturated heterocycles. The maximum Gasteiger partial charge on any atom is 0.231 e. The Labute approximate surface area is 116 Å². The molecule has 7 nitrogen and oxygen atoms in total. The van der Waals surface area contributed by atoms with E-state index in [4.69, 9.17) is 14.6 Å². The van der Waals surface area contributed by atoms with Crippen molar-refractivity contribution in [3.63, 3.8) is 0 Å². The highest BCUT2D eigenvalue weighted by molar-refractivity contribution is 7.89. The third kappa shape index (κ3) is 2.44. The predicted molar refractivity (Wildman–Crippen MR) is 69.5 cm³/mol. The molecule has 1 atom stereocenters. The molecule has 3 rings (SSSR count). The molecule has 0 saturated carbocycles. The second-order valence-electron chi connectivity index (χ2n) is 4.88. The Morgan fingerprint density at radius 1 is 1.30 bits per heavy atom. The number of nitrogens with zero attached hydrogens (tertiary/aromatic N) is 1. The largest absolute Gasteiger partial charge is 0.454 e. The lowest BCUT2D eigenvalue weighted by atomic mass is 10.2. The van der Waals surface area contributed by atoms with Gasteiger partial charge in [-0.2, -0.15) is 0 Å². The first-order valence-electron chi connectivity index (χ1n) is 6.11. The van der Waals surface area contributed by atoms with E-state index in [1.807, 2.05) is 6.07 Å². The minimum Gasteiger partial charge on any atom is -0.454 e. The fourth-order valence-corrected chi connectivity index (χ4v) is 3.13. The third-order valence-corrected chi connectivity index (χ3v) is 4.70. The minimum atomic E-state index is -3.68. The van der Waals surface area contributed by atoms with Crippen molar-refractivity contribution in [1.82, 2.24) is 4.90 Å². The number of carbonyl (C=O) groups excluding carboxylic acids is 1. The summed E-state index contributed by atoms with van der Waals surface area (Å²) in [6.07, 6.45) is -0.0522. The Morgan fingerprint density at radius 2 is 2.05 bits per heavy atom. The quantitative estimate of drug-likeness (QED) is 0.833. The van der Waals surface area contributed by atoms with Crippen LogP contribution < -0.4 is 14.6 Å². The van der Waals surface area contributed by atoms with Crippen molar-refractivity contribution in [3.8, 4) is 11.5 Å². The number of carbonyl (C=O) groups is 1. The highest BCUT2D eigenvalue weighted by Gasteiger charge is 2.36. The molecule has 1 aromatic rings. The van der Waals surface area contributed by atoms with Crippen LogP contribution in [0.4, 0.5) is 0 Å². The fraction of sp³-hybridized carbons (Fsp3) is 0.417. The second-order valence-corrected chi connectivity index (χ2v) is 6.72. The van der Waals surface area contributed by atoms with Gasteiger partial charge in [0, 0.05) is 19.5 Å². The first-order chi connectivity index (χ1) is 9.43. The van der Waals surface area contributed by atoms with Gasteiger partial charge in [-0.15, -0.1) is 0 Å². The molecule has 0 bridgehead atoms. The van der Waals surface area contributed by atoms with Gasteiger partial charge < -0.3 is 14.4 Å². The van der Waals surface area contributed by atoms with Crippen molar-refractivity contribution in [2.24, 2.45) is 5.14 Å². The van der Waals surface area contributed by atoms with Crippen LogP contribution in [0.5, 0.6) is 11.5 Å². The van der Waals surface area contributed by atoms with Gasteiger partial charge in [0.05, 0.1) is 0 Å². The summed E-state index contributed by atoms with van der Waals surface area (Å²) < 4.78 is 33.1. The maximum atomic E-state index is 11.8. The molecule has 2 aliphatic heterocycles. The summed E-state index contributed by atoms with van der Waals surface area (Å²) in [6.45, 7) is 0.655. The van der Waals surface area contributed by atoms with Crippen LogP contribution in [0.25, 0.3) is 0 Å². The average Bonchev–Trinajstić information content (AvgIpc) is 2.95. The van der Waals surface area contributed by atoms with Crippen molar-refractivity contribution in [2.45, 2.75) is 18.2 Å². The number of fused-ring (bicyclic) bond motifs is 1. The Bertz CT molecular complexity index is 658. The number of nitrogens with two attached hydrogens (primary N) is 1. The fourth-order valence-electron chi connectivity index (χ4n) is 2.37. The average molecular weight is 298 g/mol. The van der Waals surface area contributed by atoms with Crippen molar-refractivity contribution in [1.29, 1.82) is 0 Å². The number of hydrogen-bond acceptors (Lipinski definition) is 5. The zero-order valence-electron chi connectivity index (χ0n) is 10.6. The Kier molecular flexibility index (Phi) is 3.06. The van der Waals surface area contributed by atoms with Crippen LogP contribution >= 0.6 is 0 Å². The lowest BCUT2D eigenvalue weighted by Crippen LogP contribution is -2.31. The molecule has 108 valence electrons. The highest BCUT2D eigenvalue weighted by atomic mass is 32.2. The van der Waals surface area contributed by atoms with Gasteiger partial charge in [0.15, 0.2) is 11.5 Å². The first kappa shape index (κ1) is 13.2. The summed E-state index contributed by atoms with van der Waals surface area (Å²) in [4.78, 5) is 13.3. The molecule has 0 radical (unpaired) electrons. The van der Waals surface area contributed by atoms with Crippen LogP contribution in [0.3, 0.4) is 0 Å². The van der Waals surface area contributed by atoms with Crippen molar-refractivity contribution in [3.05, 3.63) is 23.8 Å². The molecule has 1 unspecified atom stereocenters. The normalized spacial score (nSPS) is 21.6. The number of primary sulfonamides is 1. The maximum absolute atomic E-state index is 11.8. The lowest BCUT2D eigenvalue weighted by molar-refractivity contribution is -0.128. The summed E-state index contributed by atoms with van der Waals surface area (Å²) in [7, 11) is -3.68. The molecule has 2 heterocycles. The van der Waals surface area contributed by atoms with E-state index in [0.717, 1.165) is 5.56 Å². The van der Waals surface area contributed by atoms with E-state index >= 15 is 0 Å². The molecule has 0 aliphatic carbocycles. The molecule has 20 heavy (non-hydrogen) atoms. The topological polar surface area (TPSA) is 98.9 Å². The zero-order chi connectivity index (χ0) is 14.3. The van der Waals surface area contributed by atoms with Gasteiger partial charge in [-0.05, 0) is 17.7 Å². The van der Waals surface area contributed by atoms with E-state index < -0.39 is 15.3 Å². The molecule has 2 N–H and O–H groups in total. The van der Waals surface area contributed by atoms with E-state index in [9.17, 15) is 13.2 Å². The smallest absolute Gasteiger partial charge is 0.231 e. The number of rotatable bonds is 3. The summed E-state index contributed by atoms with van der Waals surface area (Å²) in [5.74, 6) is 1.10. The second kappa shape index (κ2) is 4.64. The van der Waals surface area contributed by atoms with E-state index in [-0.39, 0.29) is 25.7 Å². The van der Waals surface area contributed by atoms with Crippen molar-refractivity contribution >= 4 is 15.9 Å². The van der Waals surface area contributed by atoms with Crippen LogP contribution in [0, 0.1) is 0 Å². The molecular weight excluding hydrogens is 284 g/mol. The van der Waals surface area contributed by atoms with E-state index in [1.165, 1.54) is 4.90 Å². The number of likely N-dealkylation sites (tertiary alicyclic amines) is 1. The predicted octanol–water partition coefficient (Wildman–Crippen LogP) is -0.195. The van der Waals surface area contributed by atoms with E-state index in [2.05, 4.69) is 0 Å². The summed E-state index contributed by atoms with van der Waals surface area (Å²) in [6, 6.07) is 5.39. The van der Waals surface area contributed by atoms with Gasteiger partial charge in [0.1, 0.15) is 5.25 Å². The number of ether oxygens (including phenoxy) is 2. The highest BCUT2D eigenvalue weighted by Crippen LogP contribution is 2.33. The van der Waals surface area contributed by atoms with Crippen LogP contribution in [0.2, 0.25) is 0 Å². The van der Waals surface area contributed by atoms with Gasteiger partial charge in [0.2, 0.25) is 22.7 Å². The third-order valence-electron chi connectivity index (χ3n) is 3.45. The monoisotopic (exact) mass is 298 g/mol. The number of amides is 1. The number of sulfonamides is 1. The van der Waals surface area contributed by atoms with Gasteiger partial charge in [-0.3, -0.25) is 4.79 Å². The number of hydrogen-bond donors (Lipinski definition) is 1. The van der Waals surface area contributed by atoms with E-state index in [0.29, 0.717) is 18.0 Å². The molecular formula is C12H14N2O5S. The van der Waals surface area contributed by atoms with Crippen LogP contribution in [-0.4, -0.2) is 37.8 Å². The summed E-state index contributed by atoms with van der Waals surface area (Å²) >= 11 is 0. The molecule has 0 aromatic heterocycles.